The second kappa shape index (κ2) is 5.07. The average molecular weight is 301 g/mol. The Morgan fingerprint density at radius 2 is 1.27 bits per heavy atom. The van der Waals surface area contributed by atoms with Crippen molar-refractivity contribution < 1.29 is 23.5 Å². The van der Waals surface area contributed by atoms with Gasteiger partial charge in [0.2, 0.25) is 0 Å². The molecule has 0 atom stereocenters. The lowest BCUT2D eigenvalue weighted by Gasteiger charge is -2.14. The number of amides is 2. The van der Waals surface area contributed by atoms with E-state index in [0.717, 1.165) is 29.2 Å². The summed E-state index contributed by atoms with van der Waals surface area (Å²) in [4.78, 5) is 25.2. The SMILES string of the molecule is O=C1C(O)=C(c2ccc(F)cc2)C(=O)N1c1ccc(F)cc1. The number of carbonyl (C=O) groups excluding carboxylic acids is 2. The van der Waals surface area contributed by atoms with Gasteiger partial charge in [0.05, 0.1) is 11.3 Å². The Morgan fingerprint density at radius 3 is 1.82 bits per heavy atom. The lowest BCUT2D eigenvalue weighted by Crippen LogP contribution is -2.31. The maximum atomic E-state index is 12.9. The van der Waals surface area contributed by atoms with Crippen molar-refractivity contribution in [2.45, 2.75) is 0 Å². The molecule has 0 aliphatic carbocycles. The van der Waals surface area contributed by atoms with E-state index >= 15 is 0 Å². The standard InChI is InChI=1S/C16H9F2NO3/c17-10-3-1-9(2-4-10)13-14(20)16(22)19(15(13)21)12-7-5-11(18)6-8-12/h1-8,20H. The van der Waals surface area contributed by atoms with Crippen LogP contribution in [-0.4, -0.2) is 16.9 Å². The second-order valence-corrected chi connectivity index (χ2v) is 4.65. The first kappa shape index (κ1) is 13.9. The minimum atomic E-state index is -0.907. The number of hydrogen-bond acceptors (Lipinski definition) is 3. The van der Waals surface area contributed by atoms with E-state index in [1.54, 1.807) is 0 Å². The summed E-state index contributed by atoms with van der Waals surface area (Å²) in [5, 5.41) is 9.94. The van der Waals surface area contributed by atoms with E-state index in [1.807, 2.05) is 0 Å². The van der Waals surface area contributed by atoms with Gasteiger partial charge in [0.15, 0.2) is 5.76 Å². The number of aliphatic hydroxyl groups is 1. The largest absolute Gasteiger partial charge is 0.502 e. The van der Waals surface area contributed by atoms with Crippen LogP contribution in [0.15, 0.2) is 54.3 Å². The van der Waals surface area contributed by atoms with Crippen molar-refractivity contribution in [1.29, 1.82) is 0 Å². The molecule has 6 heteroatoms. The van der Waals surface area contributed by atoms with Crippen LogP contribution < -0.4 is 4.90 Å². The zero-order chi connectivity index (χ0) is 15.9. The summed E-state index contributed by atoms with van der Waals surface area (Å²) in [6.07, 6.45) is 0. The molecule has 2 aromatic rings. The molecular weight excluding hydrogens is 292 g/mol. The lowest BCUT2D eigenvalue weighted by molar-refractivity contribution is -0.121. The zero-order valence-corrected chi connectivity index (χ0v) is 11.1. The number of aliphatic hydroxyl groups excluding tert-OH is 1. The maximum absolute atomic E-state index is 12.9. The highest BCUT2D eigenvalue weighted by Gasteiger charge is 2.40. The molecule has 2 amide bonds. The third kappa shape index (κ3) is 2.14. The molecule has 1 aliphatic heterocycles. The Morgan fingerprint density at radius 1 is 0.773 bits per heavy atom. The van der Waals surface area contributed by atoms with Gasteiger partial charge in [-0.2, -0.15) is 0 Å². The first-order chi connectivity index (χ1) is 10.5. The quantitative estimate of drug-likeness (QED) is 0.868. The number of nitrogens with zero attached hydrogens (tertiary/aromatic N) is 1. The highest BCUT2D eigenvalue weighted by atomic mass is 19.1. The van der Waals surface area contributed by atoms with Gasteiger partial charge < -0.3 is 5.11 Å². The van der Waals surface area contributed by atoms with Crippen LogP contribution in [-0.2, 0) is 9.59 Å². The van der Waals surface area contributed by atoms with Crippen LogP contribution in [0.1, 0.15) is 5.56 Å². The smallest absolute Gasteiger partial charge is 0.301 e. The monoisotopic (exact) mass is 301 g/mol. The van der Waals surface area contributed by atoms with E-state index in [4.69, 9.17) is 0 Å². The number of anilines is 1. The van der Waals surface area contributed by atoms with Crippen molar-refractivity contribution in [3.8, 4) is 0 Å². The second-order valence-electron chi connectivity index (χ2n) is 4.65. The highest BCUT2D eigenvalue weighted by molar-refractivity contribution is 6.44. The summed E-state index contributed by atoms with van der Waals surface area (Å²) in [5.41, 5.74) is 0.149. The summed E-state index contributed by atoms with van der Waals surface area (Å²) in [6.45, 7) is 0. The minimum absolute atomic E-state index is 0.139. The van der Waals surface area contributed by atoms with Crippen LogP contribution >= 0.6 is 0 Å². The number of benzene rings is 2. The molecule has 1 aliphatic rings. The van der Waals surface area contributed by atoms with Crippen molar-refractivity contribution in [3.05, 3.63) is 71.5 Å². The first-order valence-corrected chi connectivity index (χ1v) is 6.32. The first-order valence-electron chi connectivity index (χ1n) is 6.32. The molecule has 0 saturated carbocycles. The van der Waals surface area contributed by atoms with Crippen molar-refractivity contribution in [3.63, 3.8) is 0 Å². The molecule has 1 N–H and O–H groups in total. The molecule has 0 unspecified atom stereocenters. The molecule has 0 bridgehead atoms. The van der Waals surface area contributed by atoms with Crippen molar-refractivity contribution >= 4 is 23.1 Å². The summed E-state index contributed by atoms with van der Waals surface area (Å²) < 4.78 is 25.9. The molecule has 110 valence electrons. The van der Waals surface area contributed by atoms with Crippen molar-refractivity contribution in [2.75, 3.05) is 4.90 Å². The molecule has 22 heavy (non-hydrogen) atoms. The van der Waals surface area contributed by atoms with E-state index < -0.39 is 29.2 Å². The molecule has 3 rings (SSSR count). The number of halogens is 2. The van der Waals surface area contributed by atoms with E-state index in [0.29, 0.717) is 0 Å². The van der Waals surface area contributed by atoms with Crippen molar-refractivity contribution in [1.82, 2.24) is 0 Å². The lowest BCUT2D eigenvalue weighted by atomic mass is 10.1. The van der Waals surface area contributed by atoms with E-state index in [1.165, 1.54) is 24.3 Å². The number of carbonyl (C=O) groups is 2. The normalized spacial score (nSPS) is 14.9. The fourth-order valence-corrected chi connectivity index (χ4v) is 2.22. The van der Waals surface area contributed by atoms with Gasteiger partial charge >= 0.3 is 5.91 Å². The molecule has 0 radical (unpaired) electrons. The molecule has 0 saturated heterocycles. The fourth-order valence-electron chi connectivity index (χ4n) is 2.22. The van der Waals surface area contributed by atoms with Crippen LogP contribution in [0.3, 0.4) is 0 Å². The number of hydrogen-bond donors (Lipinski definition) is 1. The Bertz CT molecular complexity index is 795. The summed E-state index contributed by atoms with van der Waals surface area (Å²) in [6, 6.07) is 9.53. The predicted octanol–water partition coefficient (Wildman–Crippen LogP) is 2.81. The van der Waals surface area contributed by atoms with Crippen LogP contribution in [0.2, 0.25) is 0 Å². The molecule has 4 nitrogen and oxygen atoms in total. The van der Waals surface area contributed by atoms with Crippen LogP contribution in [0.4, 0.5) is 14.5 Å². The molecule has 0 spiro atoms. The van der Waals surface area contributed by atoms with Crippen molar-refractivity contribution in [2.24, 2.45) is 0 Å². The molecular formula is C16H9F2NO3. The van der Waals surface area contributed by atoms with Gasteiger partial charge in [0.1, 0.15) is 11.6 Å². The molecule has 0 aromatic heterocycles. The van der Waals surface area contributed by atoms with E-state index in [9.17, 15) is 23.5 Å². The molecule has 0 fully saturated rings. The number of rotatable bonds is 2. The Kier molecular flexibility index (Phi) is 3.21. The Labute approximate surface area is 123 Å². The summed E-state index contributed by atoms with van der Waals surface area (Å²) in [7, 11) is 0. The van der Waals surface area contributed by atoms with Gasteiger partial charge in [-0.05, 0) is 42.0 Å². The summed E-state index contributed by atoms with van der Waals surface area (Å²) in [5.74, 6) is -3.40. The van der Waals surface area contributed by atoms with Gasteiger partial charge in [-0.15, -0.1) is 0 Å². The third-order valence-corrected chi connectivity index (χ3v) is 3.28. The van der Waals surface area contributed by atoms with Crippen LogP contribution in [0.5, 0.6) is 0 Å². The predicted molar refractivity (Wildman–Crippen MR) is 74.8 cm³/mol. The fraction of sp³-hybridized carbons (Fsp3) is 0. The van der Waals surface area contributed by atoms with Crippen LogP contribution in [0, 0.1) is 11.6 Å². The number of imide groups is 1. The Hall–Kier alpha value is -3.02. The van der Waals surface area contributed by atoms with E-state index in [-0.39, 0.29) is 16.8 Å². The highest BCUT2D eigenvalue weighted by Crippen LogP contribution is 2.31. The van der Waals surface area contributed by atoms with Crippen LogP contribution in [0.25, 0.3) is 5.57 Å². The molecule has 2 aromatic carbocycles. The van der Waals surface area contributed by atoms with E-state index in [2.05, 4.69) is 0 Å². The minimum Gasteiger partial charge on any atom is -0.502 e. The van der Waals surface area contributed by atoms with Gasteiger partial charge in [-0.1, -0.05) is 12.1 Å². The van der Waals surface area contributed by atoms with Gasteiger partial charge in [-0.25, -0.2) is 13.7 Å². The maximum Gasteiger partial charge on any atom is 0.301 e. The van der Waals surface area contributed by atoms with Gasteiger partial charge in [0.25, 0.3) is 5.91 Å². The Balaban J connectivity index is 2.03. The topological polar surface area (TPSA) is 57.6 Å². The third-order valence-electron chi connectivity index (χ3n) is 3.28. The van der Waals surface area contributed by atoms with Gasteiger partial charge in [0, 0.05) is 0 Å². The summed E-state index contributed by atoms with van der Waals surface area (Å²) >= 11 is 0. The van der Waals surface area contributed by atoms with Gasteiger partial charge in [-0.3, -0.25) is 9.59 Å². The zero-order valence-electron chi connectivity index (χ0n) is 11.1. The molecule has 1 heterocycles. The average Bonchev–Trinajstić information content (AvgIpc) is 2.72.